The fourth-order valence-electron chi connectivity index (χ4n) is 3.07. The molecule has 1 aliphatic carbocycles. The molecule has 0 amide bonds. The second-order valence-corrected chi connectivity index (χ2v) is 6.58. The number of hydrogen-bond donors (Lipinski definition) is 2. The first kappa shape index (κ1) is 18.2. The highest BCUT2D eigenvalue weighted by Gasteiger charge is 2.11. The molecule has 26 heavy (non-hydrogen) atoms. The average molecular weight is 369 g/mol. The highest BCUT2D eigenvalue weighted by atomic mass is 32.1. The Labute approximate surface area is 159 Å². The number of anilines is 1. The molecular weight excluding hydrogens is 346 g/mol. The van der Waals surface area contributed by atoms with Gasteiger partial charge < -0.3 is 14.8 Å². The molecule has 1 aliphatic rings. The molecule has 0 saturated heterocycles. The van der Waals surface area contributed by atoms with Crippen LogP contribution in [-0.2, 0) is 12.8 Å². The molecule has 0 radical (unpaired) electrons. The first-order valence-electron chi connectivity index (χ1n) is 8.56. The first-order chi connectivity index (χ1) is 12.6. The molecular formula is C20H23N3O2S. The Kier molecular flexibility index (Phi) is 5.73. The Morgan fingerprint density at radius 1 is 1.00 bits per heavy atom. The monoisotopic (exact) mass is 369 g/mol. The normalized spacial score (nSPS) is 13.1. The lowest BCUT2D eigenvalue weighted by Crippen LogP contribution is -2.25. The molecule has 0 atom stereocenters. The van der Waals surface area contributed by atoms with E-state index in [2.05, 4.69) is 34.0 Å². The number of rotatable bonds is 5. The molecule has 136 valence electrons. The average Bonchev–Trinajstić information content (AvgIpc) is 3.13. The maximum Gasteiger partial charge on any atom is 0.191 e. The largest absolute Gasteiger partial charge is 0.493 e. The SMILES string of the molecule is COc1ccc(NC(=S)N/N=C(/C)c2ccc3c(c2)CCC3)cc1OC. The fourth-order valence-corrected chi connectivity index (χ4v) is 3.23. The smallest absolute Gasteiger partial charge is 0.191 e. The zero-order chi connectivity index (χ0) is 18.5. The second kappa shape index (κ2) is 8.19. The van der Waals surface area contributed by atoms with Crippen LogP contribution in [-0.4, -0.2) is 25.0 Å². The molecule has 0 saturated carbocycles. The summed E-state index contributed by atoms with van der Waals surface area (Å²) >= 11 is 5.32. The number of nitrogens with one attached hydrogen (secondary N) is 2. The van der Waals surface area contributed by atoms with Gasteiger partial charge in [0, 0.05) is 11.8 Å². The molecule has 0 aliphatic heterocycles. The van der Waals surface area contributed by atoms with E-state index in [0.29, 0.717) is 16.6 Å². The third-order valence-electron chi connectivity index (χ3n) is 4.48. The van der Waals surface area contributed by atoms with E-state index in [1.807, 2.05) is 25.1 Å². The predicted molar refractivity (Wildman–Crippen MR) is 110 cm³/mol. The Balaban J connectivity index is 1.63. The van der Waals surface area contributed by atoms with Gasteiger partial charge >= 0.3 is 0 Å². The van der Waals surface area contributed by atoms with Crippen molar-refractivity contribution in [3.05, 3.63) is 53.1 Å². The van der Waals surface area contributed by atoms with Gasteiger partial charge in [0.05, 0.1) is 19.9 Å². The summed E-state index contributed by atoms with van der Waals surface area (Å²) < 4.78 is 10.5. The van der Waals surface area contributed by atoms with E-state index in [9.17, 15) is 0 Å². The number of ether oxygens (including phenoxy) is 2. The first-order valence-corrected chi connectivity index (χ1v) is 8.97. The van der Waals surface area contributed by atoms with Crippen molar-refractivity contribution in [3.63, 3.8) is 0 Å². The third kappa shape index (κ3) is 4.14. The standard InChI is InChI=1S/C20H23N3O2S/c1-13(15-8-7-14-5-4-6-16(14)11-15)22-23-20(26)21-17-9-10-18(24-2)19(12-17)25-3/h7-12H,4-6H2,1-3H3,(H2,21,23,26)/b22-13-. The van der Waals surface area contributed by atoms with Crippen molar-refractivity contribution in [2.75, 3.05) is 19.5 Å². The van der Waals surface area contributed by atoms with Gasteiger partial charge in [-0.2, -0.15) is 5.10 Å². The van der Waals surface area contributed by atoms with Gasteiger partial charge in [0.15, 0.2) is 16.6 Å². The maximum absolute atomic E-state index is 5.32. The Hall–Kier alpha value is -2.60. The van der Waals surface area contributed by atoms with Gasteiger partial charge in [-0.25, -0.2) is 0 Å². The predicted octanol–water partition coefficient (Wildman–Crippen LogP) is 3.90. The summed E-state index contributed by atoms with van der Waals surface area (Å²) in [4.78, 5) is 0. The van der Waals surface area contributed by atoms with Crippen LogP contribution in [0, 0.1) is 0 Å². The number of methoxy groups -OCH3 is 2. The fraction of sp³-hybridized carbons (Fsp3) is 0.300. The van der Waals surface area contributed by atoms with Gasteiger partial charge in [0.25, 0.3) is 0 Å². The summed E-state index contributed by atoms with van der Waals surface area (Å²) in [6, 6.07) is 12.1. The minimum absolute atomic E-state index is 0.415. The summed E-state index contributed by atoms with van der Waals surface area (Å²) in [5.74, 6) is 1.31. The topological polar surface area (TPSA) is 54.9 Å². The van der Waals surface area contributed by atoms with E-state index in [-0.39, 0.29) is 0 Å². The Morgan fingerprint density at radius 3 is 2.54 bits per heavy atom. The third-order valence-corrected chi connectivity index (χ3v) is 4.68. The van der Waals surface area contributed by atoms with Crippen LogP contribution in [0.5, 0.6) is 11.5 Å². The minimum atomic E-state index is 0.415. The number of fused-ring (bicyclic) bond motifs is 1. The van der Waals surface area contributed by atoms with E-state index in [4.69, 9.17) is 21.7 Å². The summed E-state index contributed by atoms with van der Waals surface area (Å²) in [6.45, 7) is 1.97. The number of thiocarbonyl (C=S) groups is 1. The van der Waals surface area contributed by atoms with Crippen LogP contribution < -0.4 is 20.2 Å². The molecule has 2 aromatic carbocycles. The van der Waals surface area contributed by atoms with Crippen molar-refractivity contribution in [2.45, 2.75) is 26.2 Å². The summed E-state index contributed by atoms with van der Waals surface area (Å²) in [6.07, 6.45) is 3.58. The number of hydrogen-bond acceptors (Lipinski definition) is 4. The Morgan fingerprint density at radius 2 is 1.77 bits per heavy atom. The molecule has 0 aromatic heterocycles. The van der Waals surface area contributed by atoms with Crippen LogP contribution in [0.4, 0.5) is 5.69 Å². The van der Waals surface area contributed by atoms with Gasteiger partial charge in [0.2, 0.25) is 0 Å². The molecule has 6 heteroatoms. The van der Waals surface area contributed by atoms with Crippen molar-refractivity contribution in [1.29, 1.82) is 0 Å². The van der Waals surface area contributed by atoms with Gasteiger partial charge in [0.1, 0.15) is 0 Å². The van der Waals surface area contributed by atoms with Crippen LogP contribution in [0.25, 0.3) is 0 Å². The lowest BCUT2D eigenvalue weighted by molar-refractivity contribution is 0.355. The van der Waals surface area contributed by atoms with Crippen molar-refractivity contribution in [2.24, 2.45) is 5.10 Å². The van der Waals surface area contributed by atoms with E-state index >= 15 is 0 Å². The molecule has 2 aromatic rings. The number of aryl methyl sites for hydroxylation is 2. The molecule has 0 fully saturated rings. The Bertz CT molecular complexity index is 849. The van der Waals surface area contributed by atoms with Crippen LogP contribution >= 0.6 is 12.2 Å². The molecule has 5 nitrogen and oxygen atoms in total. The van der Waals surface area contributed by atoms with E-state index < -0.39 is 0 Å². The van der Waals surface area contributed by atoms with Crippen LogP contribution in [0.2, 0.25) is 0 Å². The summed E-state index contributed by atoms with van der Waals surface area (Å²) in [5, 5.41) is 7.91. The molecule has 3 rings (SSSR count). The van der Waals surface area contributed by atoms with E-state index in [1.54, 1.807) is 14.2 Å². The molecule has 0 unspecified atom stereocenters. The molecule has 0 heterocycles. The summed E-state index contributed by atoms with van der Waals surface area (Å²) in [5.41, 5.74) is 8.60. The highest BCUT2D eigenvalue weighted by molar-refractivity contribution is 7.80. The lowest BCUT2D eigenvalue weighted by atomic mass is 10.0. The van der Waals surface area contributed by atoms with Crippen LogP contribution in [0.1, 0.15) is 30.0 Å². The van der Waals surface area contributed by atoms with Crippen LogP contribution in [0.3, 0.4) is 0 Å². The number of benzene rings is 2. The van der Waals surface area contributed by atoms with Gasteiger partial charge in [-0.1, -0.05) is 12.1 Å². The van der Waals surface area contributed by atoms with Gasteiger partial charge in [-0.15, -0.1) is 0 Å². The highest BCUT2D eigenvalue weighted by Crippen LogP contribution is 2.29. The number of hydrazone groups is 1. The summed E-state index contributed by atoms with van der Waals surface area (Å²) in [7, 11) is 3.20. The molecule has 0 spiro atoms. The van der Waals surface area contributed by atoms with E-state index in [0.717, 1.165) is 23.4 Å². The van der Waals surface area contributed by atoms with E-state index in [1.165, 1.54) is 24.0 Å². The van der Waals surface area contributed by atoms with Crippen molar-refractivity contribution in [1.82, 2.24) is 5.43 Å². The second-order valence-electron chi connectivity index (χ2n) is 6.17. The zero-order valence-electron chi connectivity index (χ0n) is 15.3. The number of nitrogens with zero attached hydrogens (tertiary/aromatic N) is 1. The van der Waals surface area contributed by atoms with Crippen LogP contribution in [0.15, 0.2) is 41.5 Å². The molecule has 2 N–H and O–H groups in total. The zero-order valence-corrected chi connectivity index (χ0v) is 16.1. The molecule has 0 bridgehead atoms. The lowest BCUT2D eigenvalue weighted by Gasteiger charge is -2.12. The van der Waals surface area contributed by atoms with Gasteiger partial charge in [-0.3, -0.25) is 5.43 Å². The maximum atomic E-state index is 5.32. The minimum Gasteiger partial charge on any atom is -0.493 e. The van der Waals surface area contributed by atoms with Gasteiger partial charge in [-0.05, 0) is 73.3 Å². The quantitative estimate of drug-likeness (QED) is 0.476. The van der Waals surface area contributed by atoms with Crippen molar-refractivity contribution < 1.29 is 9.47 Å². The van der Waals surface area contributed by atoms with Crippen molar-refractivity contribution >= 4 is 28.7 Å². The van der Waals surface area contributed by atoms with Crippen molar-refractivity contribution in [3.8, 4) is 11.5 Å².